The highest BCUT2D eigenvalue weighted by Crippen LogP contribution is 2.54. The topological polar surface area (TPSA) is 79.9 Å². The van der Waals surface area contributed by atoms with Crippen LogP contribution in [0.2, 0.25) is 25.7 Å². The molecule has 0 aliphatic heterocycles. The second-order valence-electron chi connectivity index (χ2n) is 10.5. The molecule has 0 unspecified atom stereocenters. The van der Waals surface area contributed by atoms with E-state index >= 15 is 0 Å². The van der Waals surface area contributed by atoms with Crippen molar-refractivity contribution in [2.45, 2.75) is 76.8 Å². The predicted octanol–water partition coefficient (Wildman–Crippen LogP) is 4.75. The molecule has 0 spiro atoms. The number of benzene rings is 1. The van der Waals surface area contributed by atoms with Crippen LogP contribution in [0.4, 0.5) is 0 Å². The van der Waals surface area contributed by atoms with Crippen molar-refractivity contribution in [1.29, 1.82) is 5.26 Å². The van der Waals surface area contributed by atoms with E-state index in [1.807, 2.05) is 43.5 Å². The lowest BCUT2D eigenvalue weighted by atomic mass is 9.92. The molecule has 1 aliphatic carbocycles. The molecule has 2 atom stereocenters. The summed E-state index contributed by atoms with van der Waals surface area (Å²) >= 11 is 0. The lowest BCUT2D eigenvalue weighted by Crippen LogP contribution is -2.39. The number of nitrogens with zero attached hydrogens (tertiary/aromatic N) is 3. The van der Waals surface area contributed by atoms with Crippen molar-refractivity contribution in [3.05, 3.63) is 30.1 Å². The molecule has 6 nitrogen and oxygen atoms in total. The Morgan fingerprint density at radius 2 is 2.07 bits per heavy atom. The van der Waals surface area contributed by atoms with Gasteiger partial charge < -0.3 is 9.30 Å². The van der Waals surface area contributed by atoms with Crippen molar-refractivity contribution in [2.75, 3.05) is 6.61 Å². The van der Waals surface area contributed by atoms with Gasteiger partial charge in [-0.2, -0.15) is 5.26 Å². The Kier molecular flexibility index (Phi) is 6.59. The van der Waals surface area contributed by atoms with Crippen LogP contribution in [0, 0.1) is 16.7 Å². The summed E-state index contributed by atoms with van der Waals surface area (Å²) in [6, 6.07) is 9.40. The number of hydrogen-bond acceptors (Lipinski definition) is 4. The molecule has 1 aromatic heterocycles. The highest BCUT2D eigenvalue weighted by molar-refractivity contribution is 7.84. The molecule has 30 heavy (non-hydrogen) atoms. The maximum Gasteiger partial charge on any atom is 0.124 e. The van der Waals surface area contributed by atoms with Crippen molar-refractivity contribution in [3.63, 3.8) is 0 Å². The smallest absolute Gasteiger partial charge is 0.124 e. The molecule has 1 heterocycles. The molecule has 0 bridgehead atoms. The molecule has 164 valence electrons. The van der Waals surface area contributed by atoms with Crippen LogP contribution in [0.3, 0.4) is 0 Å². The minimum absolute atomic E-state index is 0.273. The van der Waals surface area contributed by atoms with Gasteiger partial charge in [0.25, 0.3) is 0 Å². The summed E-state index contributed by atoms with van der Waals surface area (Å²) in [6.07, 6.45) is 3.44. The van der Waals surface area contributed by atoms with E-state index in [0.717, 1.165) is 42.1 Å². The number of nitrogens with one attached hydrogen (secondary N) is 1. The molecule has 1 fully saturated rings. The number of aromatic nitrogens is 2. The van der Waals surface area contributed by atoms with Gasteiger partial charge in [-0.1, -0.05) is 25.7 Å². The number of hydrogen-bond donors (Lipinski definition) is 1. The fourth-order valence-electron chi connectivity index (χ4n) is 3.29. The first kappa shape index (κ1) is 23.1. The van der Waals surface area contributed by atoms with Crippen LogP contribution in [0.5, 0.6) is 0 Å². The van der Waals surface area contributed by atoms with E-state index in [1.165, 1.54) is 0 Å². The third-order valence-electron chi connectivity index (χ3n) is 5.55. The second kappa shape index (κ2) is 8.54. The van der Waals surface area contributed by atoms with E-state index < -0.39 is 29.2 Å². The first-order valence-electron chi connectivity index (χ1n) is 10.6. The zero-order valence-corrected chi connectivity index (χ0v) is 20.8. The Labute approximate surface area is 183 Å². The summed E-state index contributed by atoms with van der Waals surface area (Å²) in [7, 11) is -2.36. The van der Waals surface area contributed by atoms with Gasteiger partial charge in [0, 0.05) is 14.7 Å². The van der Waals surface area contributed by atoms with E-state index in [0.29, 0.717) is 6.73 Å². The summed E-state index contributed by atoms with van der Waals surface area (Å²) in [5, 5.41) is 9.78. The van der Waals surface area contributed by atoms with Crippen molar-refractivity contribution in [1.82, 2.24) is 14.3 Å². The van der Waals surface area contributed by atoms with Gasteiger partial charge in [-0.25, -0.2) is 13.9 Å². The minimum Gasteiger partial charge on any atom is -0.361 e. The van der Waals surface area contributed by atoms with Crippen molar-refractivity contribution < 1.29 is 8.95 Å². The van der Waals surface area contributed by atoms with Gasteiger partial charge >= 0.3 is 0 Å². The summed E-state index contributed by atoms with van der Waals surface area (Å²) in [5.74, 6) is 0. The normalized spacial score (nSPS) is 18.2. The molecule has 1 aliphatic rings. The van der Waals surface area contributed by atoms with Gasteiger partial charge in [-0.15, -0.1) is 0 Å². The average Bonchev–Trinajstić information content (AvgIpc) is 3.35. The van der Waals surface area contributed by atoms with E-state index in [-0.39, 0.29) is 6.04 Å². The molecule has 1 aromatic carbocycles. The van der Waals surface area contributed by atoms with Gasteiger partial charge in [0.05, 0.1) is 50.6 Å². The van der Waals surface area contributed by atoms with Gasteiger partial charge in [-0.3, -0.25) is 0 Å². The maximum atomic E-state index is 12.8. The fraction of sp³-hybridized carbons (Fsp3) is 0.636. The Morgan fingerprint density at radius 3 is 2.63 bits per heavy atom. The van der Waals surface area contributed by atoms with Crippen LogP contribution < -0.4 is 4.72 Å². The van der Waals surface area contributed by atoms with Crippen LogP contribution >= 0.6 is 0 Å². The van der Waals surface area contributed by atoms with Crippen molar-refractivity contribution in [2.24, 2.45) is 5.41 Å². The average molecular weight is 447 g/mol. The number of ether oxygens (including phenoxy) is 1. The van der Waals surface area contributed by atoms with Crippen LogP contribution in [0.25, 0.3) is 11.0 Å². The zero-order chi connectivity index (χ0) is 22.2. The highest BCUT2D eigenvalue weighted by Gasteiger charge is 2.51. The van der Waals surface area contributed by atoms with Gasteiger partial charge in [0.15, 0.2) is 0 Å². The molecule has 2 aromatic rings. The third kappa shape index (κ3) is 5.38. The number of nitriles is 1. The van der Waals surface area contributed by atoms with E-state index in [2.05, 4.69) is 35.4 Å². The quantitative estimate of drug-likeness (QED) is 0.445. The molecule has 0 amide bonds. The van der Waals surface area contributed by atoms with E-state index in [4.69, 9.17) is 4.74 Å². The lowest BCUT2D eigenvalue weighted by Gasteiger charge is -2.27. The summed E-state index contributed by atoms with van der Waals surface area (Å²) in [4.78, 5) is 4.55. The Morgan fingerprint density at radius 1 is 1.37 bits per heavy atom. The van der Waals surface area contributed by atoms with Crippen LogP contribution in [-0.2, 0) is 22.5 Å². The third-order valence-corrected chi connectivity index (χ3v) is 8.82. The number of imidazole rings is 1. The van der Waals surface area contributed by atoms with E-state index in [9.17, 15) is 9.47 Å². The van der Waals surface area contributed by atoms with Gasteiger partial charge in [-0.05, 0) is 57.4 Å². The Bertz CT molecular complexity index is 964. The lowest BCUT2D eigenvalue weighted by molar-refractivity contribution is 0.0898. The minimum atomic E-state index is -1.26. The SMILES string of the molecule is CC(C)(C)[S@@](=O)N[C@@H](c1ccc2c(c1)ncn2COCC[Si](C)(C)C)C1(C#N)CC1. The van der Waals surface area contributed by atoms with Crippen LogP contribution in [0.1, 0.15) is 45.2 Å². The monoisotopic (exact) mass is 446 g/mol. The summed E-state index contributed by atoms with van der Waals surface area (Å²) in [5.41, 5.74) is 2.34. The standard InChI is InChI=1S/C22H34N4O2SSi/c1-21(2,3)29(27)25-20(22(14-23)9-10-22)17-7-8-19-18(13-17)24-15-26(19)16-28-11-12-30(4,5)6/h7-8,13,15,20,25H,9-12,16H2,1-6H3/t20-,29+/m0/s1. The molecule has 8 heteroatoms. The largest absolute Gasteiger partial charge is 0.361 e. The summed E-state index contributed by atoms with van der Waals surface area (Å²) < 4.78 is 23.5. The molecule has 0 radical (unpaired) electrons. The fourth-order valence-corrected chi connectivity index (χ4v) is 4.97. The predicted molar refractivity (Wildman–Crippen MR) is 125 cm³/mol. The molecule has 1 saturated carbocycles. The van der Waals surface area contributed by atoms with E-state index in [1.54, 1.807) is 6.33 Å². The second-order valence-corrected chi connectivity index (χ2v) is 18.1. The maximum absolute atomic E-state index is 12.8. The van der Waals surface area contributed by atoms with Crippen LogP contribution in [0.15, 0.2) is 24.5 Å². The van der Waals surface area contributed by atoms with Crippen LogP contribution in [-0.4, -0.2) is 33.2 Å². The number of rotatable bonds is 9. The Hall–Kier alpha value is -1.53. The van der Waals surface area contributed by atoms with Gasteiger partial charge in [0.2, 0.25) is 0 Å². The number of fused-ring (bicyclic) bond motifs is 1. The molecular weight excluding hydrogens is 412 g/mol. The Balaban J connectivity index is 1.79. The van der Waals surface area contributed by atoms with Crippen molar-refractivity contribution in [3.8, 4) is 6.07 Å². The molecular formula is C22H34N4O2SSi. The molecule has 3 rings (SSSR count). The summed E-state index contributed by atoms with van der Waals surface area (Å²) in [6.45, 7) is 14.1. The highest BCUT2D eigenvalue weighted by atomic mass is 32.2. The zero-order valence-electron chi connectivity index (χ0n) is 19.0. The van der Waals surface area contributed by atoms with Gasteiger partial charge in [0.1, 0.15) is 6.73 Å². The first-order chi connectivity index (χ1) is 14.0. The van der Waals surface area contributed by atoms with Crippen molar-refractivity contribution >= 4 is 30.1 Å². The molecule has 0 saturated heterocycles. The molecule has 1 N–H and O–H groups in total. The first-order valence-corrected chi connectivity index (χ1v) is 15.4.